The van der Waals surface area contributed by atoms with Crippen molar-refractivity contribution >= 4 is 5.91 Å². The second kappa shape index (κ2) is 7.30. The molecule has 2 aromatic rings. The van der Waals surface area contributed by atoms with Gasteiger partial charge in [0.1, 0.15) is 0 Å². The maximum Gasteiger partial charge on any atom is 0.227 e. The first-order valence-electron chi connectivity index (χ1n) is 10.7. The summed E-state index contributed by atoms with van der Waals surface area (Å²) in [7, 11) is 0. The molecule has 4 saturated carbocycles. The van der Waals surface area contributed by atoms with Gasteiger partial charge < -0.3 is 9.84 Å². The van der Waals surface area contributed by atoms with Gasteiger partial charge in [-0.05, 0) is 80.2 Å². The molecular weight excluding hydrogens is 352 g/mol. The molecule has 1 N–H and O–H groups in total. The standard InChI is InChI=1S/C22H28N4O2/c27-19(1-2-20-25-21(26-28-20)18-3-6-23-7-4-18)24-8-5-22-12-15-9-16(13-22)11-17(10-15)14-22/h3-4,6-7,15-17H,1-2,5,8-14H2,(H,24,27). The molecule has 0 aromatic carbocycles. The highest BCUT2D eigenvalue weighted by Gasteiger charge is 2.50. The summed E-state index contributed by atoms with van der Waals surface area (Å²) in [5.41, 5.74) is 1.39. The summed E-state index contributed by atoms with van der Waals surface area (Å²) in [5.74, 6) is 4.02. The minimum absolute atomic E-state index is 0.0772. The number of pyridine rings is 1. The van der Waals surface area contributed by atoms with E-state index in [1.165, 1.54) is 38.5 Å². The number of hydrogen-bond acceptors (Lipinski definition) is 5. The number of carbonyl (C=O) groups is 1. The van der Waals surface area contributed by atoms with Crippen LogP contribution in [0.1, 0.15) is 57.3 Å². The SMILES string of the molecule is O=C(CCc1nc(-c2ccncc2)no1)NCCC12CC3CC(CC(C3)C1)C2. The third kappa shape index (κ3) is 3.69. The lowest BCUT2D eigenvalue weighted by Gasteiger charge is -2.57. The van der Waals surface area contributed by atoms with Gasteiger partial charge in [0, 0.05) is 37.3 Å². The molecule has 0 saturated heterocycles. The van der Waals surface area contributed by atoms with Gasteiger partial charge >= 0.3 is 0 Å². The molecule has 4 aliphatic rings. The summed E-state index contributed by atoms with van der Waals surface area (Å²) < 4.78 is 5.28. The van der Waals surface area contributed by atoms with Crippen LogP contribution in [0, 0.1) is 23.2 Å². The van der Waals surface area contributed by atoms with E-state index in [0.717, 1.165) is 36.3 Å². The lowest BCUT2D eigenvalue weighted by Crippen LogP contribution is -2.47. The number of nitrogens with zero attached hydrogens (tertiary/aromatic N) is 3. The van der Waals surface area contributed by atoms with Crippen molar-refractivity contribution < 1.29 is 9.32 Å². The molecule has 0 atom stereocenters. The molecule has 0 spiro atoms. The zero-order chi connectivity index (χ0) is 19.0. The number of aryl methyl sites for hydroxylation is 1. The predicted molar refractivity (Wildman–Crippen MR) is 104 cm³/mol. The van der Waals surface area contributed by atoms with Gasteiger partial charge in [-0.25, -0.2) is 0 Å². The molecule has 148 valence electrons. The summed E-state index contributed by atoms with van der Waals surface area (Å²) in [4.78, 5) is 20.6. The third-order valence-corrected chi connectivity index (χ3v) is 7.12. The Morgan fingerprint density at radius 1 is 1.11 bits per heavy atom. The van der Waals surface area contributed by atoms with Crippen molar-refractivity contribution in [3.8, 4) is 11.4 Å². The minimum atomic E-state index is 0.0772. The normalized spacial score (nSPS) is 30.5. The molecule has 0 unspecified atom stereocenters. The Morgan fingerprint density at radius 2 is 1.79 bits per heavy atom. The summed E-state index contributed by atoms with van der Waals surface area (Å²) in [6.07, 6.45) is 14.0. The molecule has 0 radical (unpaired) electrons. The Hall–Kier alpha value is -2.24. The van der Waals surface area contributed by atoms with Gasteiger partial charge in [-0.3, -0.25) is 9.78 Å². The Morgan fingerprint density at radius 3 is 2.46 bits per heavy atom. The first-order valence-corrected chi connectivity index (χ1v) is 10.7. The summed E-state index contributed by atoms with van der Waals surface area (Å²) in [6, 6.07) is 3.68. The first-order chi connectivity index (χ1) is 13.7. The van der Waals surface area contributed by atoms with Crippen LogP contribution in [0.5, 0.6) is 0 Å². The van der Waals surface area contributed by atoms with E-state index in [2.05, 4.69) is 20.4 Å². The van der Waals surface area contributed by atoms with E-state index in [1.54, 1.807) is 12.4 Å². The minimum Gasteiger partial charge on any atom is -0.356 e. The second-order valence-electron chi connectivity index (χ2n) is 9.27. The van der Waals surface area contributed by atoms with E-state index < -0.39 is 0 Å². The molecular formula is C22H28N4O2. The van der Waals surface area contributed by atoms with Crippen molar-refractivity contribution in [3.63, 3.8) is 0 Å². The second-order valence-corrected chi connectivity index (χ2v) is 9.27. The van der Waals surface area contributed by atoms with Gasteiger partial charge in [-0.2, -0.15) is 4.98 Å². The average Bonchev–Trinajstić information content (AvgIpc) is 3.15. The molecule has 4 fully saturated rings. The number of rotatable bonds is 7. The van der Waals surface area contributed by atoms with Crippen molar-refractivity contribution in [3.05, 3.63) is 30.4 Å². The van der Waals surface area contributed by atoms with Gasteiger partial charge in [-0.15, -0.1) is 0 Å². The van der Waals surface area contributed by atoms with Gasteiger partial charge in [-0.1, -0.05) is 5.16 Å². The van der Waals surface area contributed by atoms with Gasteiger partial charge in [0.15, 0.2) is 0 Å². The van der Waals surface area contributed by atoms with Crippen LogP contribution in [-0.2, 0) is 11.2 Å². The van der Waals surface area contributed by atoms with Crippen molar-refractivity contribution in [1.82, 2.24) is 20.4 Å². The molecule has 6 heteroatoms. The molecule has 6 rings (SSSR count). The number of aromatic nitrogens is 3. The fourth-order valence-corrected chi connectivity index (χ4v) is 6.35. The van der Waals surface area contributed by atoms with Crippen LogP contribution in [0.3, 0.4) is 0 Å². The highest BCUT2D eigenvalue weighted by atomic mass is 16.5. The molecule has 2 aromatic heterocycles. The quantitative estimate of drug-likeness (QED) is 0.790. The predicted octanol–water partition coefficient (Wildman–Crippen LogP) is 3.79. The van der Waals surface area contributed by atoms with Crippen molar-refractivity contribution in [2.24, 2.45) is 23.2 Å². The summed E-state index contributed by atoms with van der Waals surface area (Å²) in [6.45, 7) is 0.803. The fourth-order valence-electron chi connectivity index (χ4n) is 6.35. The van der Waals surface area contributed by atoms with Crippen LogP contribution in [0.4, 0.5) is 0 Å². The van der Waals surface area contributed by atoms with Crippen LogP contribution < -0.4 is 5.32 Å². The van der Waals surface area contributed by atoms with Crippen molar-refractivity contribution in [1.29, 1.82) is 0 Å². The molecule has 1 amide bonds. The average molecular weight is 380 g/mol. The Labute approximate surface area is 165 Å². The Bertz CT molecular complexity index is 797. The highest BCUT2D eigenvalue weighted by molar-refractivity contribution is 5.76. The molecule has 4 aliphatic carbocycles. The fraction of sp³-hybridized carbons (Fsp3) is 0.636. The Kier molecular flexibility index (Phi) is 4.65. The van der Waals surface area contributed by atoms with Crippen LogP contribution >= 0.6 is 0 Å². The van der Waals surface area contributed by atoms with Crippen molar-refractivity contribution in [2.45, 2.75) is 57.8 Å². The maximum absolute atomic E-state index is 12.3. The lowest BCUT2D eigenvalue weighted by molar-refractivity contribution is -0.121. The molecule has 2 heterocycles. The van der Waals surface area contributed by atoms with Gasteiger partial charge in [0.05, 0.1) is 0 Å². The number of nitrogens with one attached hydrogen (secondary N) is 1. The molecule has 6 nitrogen and oxygen atoms in total. The van der Waals surface area contributed by atoms with E-state index in [-0.39, 0.29) is 5.91 Å². The Balaban J connectivity index is 1.08. The summed E-state index contributed by atoms with van der Waals surface area (Å²) in [5, 5.41) is 7.12. The van der Waals surface area contributed by atoms with Crippen LogP contribution in [0.2, 0.25) is 0 Å². The smallest absolute Gasteiger partial charge is 0.227 e. The maximum atomic E-state index is 12.3. The van der Waals surface area contributed by atoms with Gasteiger partial charge in [0.2, 0.25) is 17.6 Å². The van der Waals surface area contributed by atoms with E-state index >= 15 is 0 Å². The third-order valence-electron chi connectivity index (χ3n) is 7.12. The van der Waals surface area contributed by atoms with Crippen molar-refractivity contribution in [2.75, 3.05) is 6.54 Å². The highest BCUT2D eigenvalue weighted by Crippen LogP contribution is 2.61. The molecule has 28 heavy (non-hydrogen) atoms. The number of carbonyl (C=O) groups excluding carboxylic acids is 1. The largest absolute Gasteiger partial charge is 0.356 e. The molecule has 4 bridgehead atoms. The van der Waals surface area contributed by atoms with E-state index in [1.807, 2.05) is 12.1 Å². The van der Waals surface area contributed by atoms with Crippen LogP contribution in [-0.4, -0.2) is 27.6 Å². The number of hydrogen-bond donors (Lipinski definition) is 1. The van der Waals surface area contributed by atoms with Crippen LogP contribution in [0.25, 0.3) is 11.4 Å². The van der Waals surface area contributed by atoms with Crippen LogP contribution in [0.15, 0.2) is 29.0 Å². The zero-order valence-electron chi connectivity index (χ0n) is 16.3. The topological polar surface area (TPSA) is 80.9 Å². The monoisotopic (exact) mass is 380 g/mol. The van der Waals surface area contributed by atoms with Gasteiger partial charge in [0.25, 0.3) is 0 Å². The first kappa shape index (κ1) is 17.8. The lowest BCUT2D eigenvalue weighted by atomic mass is 9.49. The van der Waals surface area contributed by atoms with E-state index in [9.17, 15) is 4.79 Å². The zero-order valence-corrected chi connectivity index (χ0v) is 16.3. The number of amides is 1. The van der Waals surface area contributed by atoms with E-state index in [4.69, 9.17) is 4.52 Å². The molecule has 0 aliphatic heterocycles. The summed E-state index contributed by atoms with van der Waals surface area (Å²) >= 11 is 0. The van der Waals surface area contributed by atoms with E-state index in [0.29, 0.717) is 30.0 Å².